The van der Waals surface area contributed by atoms with E-state index < -0.39 is 34.0 Å². The second-order valence-corrected chi connectivity index (χ2v) is 6.50. The molecule has 0 unspecified atom stereocenters. The zero-order chi connectivity index (χ0) is 14.6. The number of benzene rings is 1. The maximum atomic E-state index is 11.8. The van der Waals surface area contributed by atoms with Crippen LogP contribution in [0.15, 0.2) is 24.3 Å². The average molecular weight is 306 g/mol. The fourth-order valence-corrected chi connectivity index (χ4v) is 2.19. The largest absolute Gasteiger partial charge is 0.480 e. The van der Waals surface area contributed by atoms with Gasteiger partial charge in [0.1, 0.15) is 12.3 Å². The molecule has 1 N–H and O–H groups in total. The molecule has 0 fully saturated rings. The summed E-state index contributed by atoms with van der Waals surface area (Å²) in [6.45, 7) is -0.630. The highest BCUT2D eigenvalue weighted by molar-refractivity contribution is 7.91. The summed E-state index contributed by atoms with van der Waals surface area (Å²) < 4.78 is 22.2. The van der Waals surface area contributed by atoms with E-state index >= 15 is 0 Å². The molecule has 1 aromatic carbocycles. The van der Waals surface area contributed by atoms with Crippen LogP contribution in [0.1, 0.15) is 0 Å². The molecule has 0 aliphatic carbocycles. The predicted octanol–water partition coefficient (Wildman–Crippen LogP) is 0.802. The number of carboxylic acids is 1. The van der Waals surface area contributed by atoms with Gasteiger partial charge in [0.15, 0.2) is 9.84 Å². The summed E-state index contributed by atoms with van der Waals surface area (Å²) in [5.41, 5.74) is 0.239. The Hall–Kier alpha value is -1.60. The molecule has 0 aliphatic heterocycles. The first-order chi connectivity index (χ1) is 8.69. The first-order valence-corrected chi connectivity index (χ1v) is 7.58. The van der Waals surface area contributed by atoms with Crippen LogP contribution in [-0.4, -0.2) is 44.0 Å². The molecule has 0 spiro atoms. The molecule has 0 heterocycles. The molecule has 8 heteroatoms. The van der Waals surface area contributed by atoms with Crippen molar-refractivity contribution < 1.29 is 23.1 Å². The van der Waals surface area contributed by atoms with Crippen molar-refractivity contribution in [2.75, 3.05) is 23.5 Å². The van der Waals surface area contributed by atoms with Crippen LogP contribution in [0.25, 0.3) is 0 Å². The summed E-state index contributed by atoms with van der Waals surface area (Å²) in [7, 11) is -3.54. The number of rotatable bonds is 5. The Morgan fingerprint density at radius 2 is 2.00 bits per heavy atom. The zero-order valence-electron chi connectivity index (χ0n) is 10.0. The Kier molecular flexibility index (Phi) is 4.90. The SMILES string of the molecule is CS(=O)(=O)CC(=O)N(CC(=O)O)c1cccc(Cl)c1. The fraction of sp³-hybridized carbons (Fsp3) is 0.273. The van der Waals surface area contributed by atoms with Gasteiger partial charge in [-0.2, -0.15) is 0 Å². The van der Waals surface area contributed by atoms with Gasteiger partial charge >= 0.3 is 5.97 Å². The van der Waals surface area contributed by atoms with E-state index in [1.54, 1.807) is 12.1 Å². The highest BCUT2D eigenvalue weighted by Gasteiger charge is 2.22. The maximum absolute atomic E-state index is 11.8. The molecule has 1 aromatic rings. The van der Waals surface area contributed by atoms with Gasteiger partial charge in [-0.15, -0.1) is 0 Å². The summed E-state index contributed by atoms with van der Waals surface area (Å²) in [4.78, 5) is 23.5. The lowest BCUT2D eigenvalue weighted by Gasteiger charge is -2.20. The summed E-state index contributed by atoms with van der Waals surface area (Å²) in [5.74, 6) is -2.82. The number of anilines is 1. The minimum atomic E-state index is -3.54. The van der Waals surface area contributed by atoms with Gasteiger partial charge in [0.25, 0.3) is 0 Å². The lowest BCUT2D eigenvalue weighted by molar-refractivity contribution is -0.136. The number of sulfone groups is 1. The van der Waals surface area contributed by atoms with Crippen LogP contribution in [0.4, 0.5) is 5.69 Å². The third-order valence-electron chi connectivity index (χ3n) is 2.10. The molecule has 19 heavy (non-hydrogen) atoms. The van der Waals surface area contributed by atoms with E-state index in [-0.39, 0.29) is 5.69 Å². The molecule has 0 aliphatic rings. The Labute approximate surface area is 115 Å². The van der Waals surface area contributed by atoms with Gasteiger partial charge in [-0.25, -0.2) is 8.42 Å². The minimum Gasteiger partial charge on any atom is -0.480 e. The Morgan fingerprint density at radius 3 is 2.47 bits per heavy atom. The van der Waals surface area contributed by atoms with Crippen molar-refractivity contribution >= 4 is 39.0 Å². The smallest absolute Gasteiger partial charge is 0.323 e. The van der Waals surface area contributed by atoms with Gasteiger partial charge in [0.05, 0.1) is 0 Å². The minimum absolute atomic E-state index is 0.239. The second kappa shape index (κ2) is 6.03. The summed E-state index contributed by atoms with van der Waals surface area (Å²) >= 11 is 5.76. The molecule has 1 amide bonds. The molecule has 0 saturated carbocycles. The molecular weight excluding hydrogens is 294 g/mol. The number of hydrogen-bond acceptors (Lipinski definition) is 4. The van der Waals surface area contributed by atoms with Gasteiger partial charge in [-0.05, 0) is 18.2 Å². The van der Waals surface area contributed by atoms with Gasteiger partial charge < -0.3 is 10.0 Å². The lowest BCUT2D eigenvalue weighted by Crippen LogP contribution is -2.39. The summed E-state index contributed by atoms with van der Waals surface area (Å²) in [5, 5.41) is 9.10. The van der Waals surface area contributed by atoms with Crippen LogP contribution in [0, 0.1) is 0 Å². The van der Waals surface area contributed by atoms with Crippen molar-refractivity contribution in [1.29, 1.82) is 0 Å². The van der Waals surface area contributed by atoms with E-state index in [9.17, 15) is 18.0 Å². The first kappa shape index (κ1) is 15.5. The van der Waals surface area contributed by atoms with Crippen molar-refractivity contribution in [3.8, 4) is 0 Å². The number of hydrogen-bond donors (Lipinski definition) is 1. The Balaban J connectivity index is 3.08. The molecule has 1 rings (SSSR count). The average Bonchev–Trinajstić information content (AvgIpc) is 2.23. The van der Waals surface area contributed by atoms with Crippen molar-refractivity contribution in [1.82, 2.24) is 0 Å². The van der Waals surface area contributed by atoms with Gasteiger partial charge in [-0.3, -0.25) is 9.59 Å². The van der Waals surface area contributed by atoms with E-state index in [0.29, 0.717) is 5.02 Å². The standard InChI is InChI=1S/C11H12ClNO5S/c1-19(17,18)7-10(14)13(6-11(15)16)9-4-2-3-8(12)5-9/h2-5H,6-7H2,1H3,(H,15,16). The first-order valence-electron chi connectivity index (χ1n) is 5.14. The molecular formula is C11H12ClNO5S. The third kappa shape index (κ3) is 5.27. The van der Waals surface area contributed by atoms with Crippen LogP contribution in [0.5, 0.6) is 0 Å². The van der Waals surface area contributed by atoms with Crippen molar-refractivity contribution in [3.63, 3.8) is 0 Å². The van der Waals surface area contributed by atoms with Crippen molar-refractivity contribution in [2.24, 2.45) is 0 Å². The number of amides is 1. The number of halogens is 1. The van der Waals surface area contributed by atoms with E-state index in [2.05, 4.69) is 0 Å². The molecule has 6 nitrogen and oxygen atoms in total. The fourth-order valence-electron chi connectivity index (χ4n) is 1.40. The van der Waals surface area contributed by atoms with Crippen LogP contribution in [0.2, 0.25) is 5.02 Å². The topological polar surface area (TPSA) is 91.8 Å². The lowest BCUT2D eigenvalue weighted by atomic mass is 10.3. The number of nitrogens with zero attached hydrogens (tertiary/aromatic N) is 1. The summed E-state index contributed by atoms with van der Waals surface area (Å²) in [6.07, 6.45) is 0.905. The molecule has 0 bridgehead atoms. The molecule has 104 valence electrons. The normalized spacial score (nSPS) is 11.1. The maximum Gasteiger partial charge on any atom is 0.323 e. The number of aliphatic carboxylic acids is 1. The van der Waals surface area contributed by atoms with Gasteiger partial charge in [-0.1, -0.05) is 17.7 Å². The Bertz CT molecular complexity index is 599. The molecule has 0 atom stereocenters. The number of carbonyl (C=O) groups is 2. The van der Waals surface area contributed by atoms with Crippen LogP contribution in [-0.2, 0) is 19.4 Å². The van der Waals surface area contributed by atoms with E-state index in [4.69, 9.17) is 16.7 Å². The number of carbonyl (C=O) groups excluding carboxylic acids is 1. The predicted molar refractivity (Wildman–Crippen MR) is 71.2 cm³/mol. The molecule has 0 aromatic heterocycles. The molecule has 0 saturated heterocycles. The second-order valence-electron chi connectivity index (χ2n) is 3.92. The highest BCUT2D eigenvalue weighted by atomic mass is 35.5. The van der Waals surface area contributed by atoms with Crippen molar-refractivity contribution in [3.05, 3.63) is 29.3 Å². The Morgan fingerprint density at radius 1 is 1.37 bits per heavy atom. The third-order valence-corrected chi connectivity index (χ3v) is 3.11. The monoisotopic (exact) mass is 305 g/mol. The van der Waals surface area contributed by atoms with E-state index in [1.165, 1.54) is 12.1 Å². The molecule has 0 radical (unpaired) electrons. The quantitative estimate of drug-likeness (QED) is 0.869. The van der Waals surface area contributed by atoms with Crippen LogP contribution >= 0.6 is 11.6 Å². The van der Waals surface area contributed by atoms with Gasteiger partial charge in [0, 0.05) is 17.0 Å². The van der Waals surface area contributed by atoms with Crippen LogP contribution < -0.4 is 4.90 Å². The van der Waals surface area contributed by atoms with E-state index in [1.807, 2.05) is 0 Å². The zero-order valence-corrected chi connectivity index (χ0v) is 11.6. The van der Waals surface area contributed by atoms with E-state index in [0.717, 1.165) is 11.2 Å². The van der Waals surface area contributed by atoms with Crippen LogP contribution in [0.3, 0.4) is 0 Å². The highest BCUT2D eigenvalue weighted by Crippen LogP contribution is 2.19. The summed E-state index contributed by atoms with van der Waals surface area (Å²) in [6, 6.07) is 5.98. The van der Waals surface area contributed by atoms with Crippen molar-refractivity contribution in [2.45, 2.75) is 0 Å². The van der Waals surface area contributed by atoms with Gasteiger partial charge in [0.2, 0.25) is 5.91 Å². The number of carboxylic acid groups (broad SMARTS) is 1.